The van der Waals surface area contributed by atoms with Gasteiger partial charge in [0.15, 0.2) is 4.77 Å². The summed E-state index contributed by atoms with van der Waals surface area (Å²) in [7, 11) is 0. The molecule has 0 aliphatic heterocycles. The predicted octanol–water partition coefficient (Wildman–Crippen LogP) is 3.17. The van der Waals surface area contributed by atoms with Crippen LogP contribution in [0.3, 0.4) is 0 Å². The summed E-state index contributed by atoms with van der Waals surface area (Å²) in [6.45, 7) is 8.39. The van der Waals surface area contributed by atoms with Crippen molar-refractivity contribution in [2.45, 2.75) is 58.1 Å². The average Bonchev–Trinajstić information content (AvgIpc) is 2.67. The maximum Gasteiger partial charge on any atom is 0.195 e. The van der Waals surface area contributed by atoms with Gasteiger partial charge in [-0.2, -0.15) is 5.10 Å². The largest absolute Gasteiger partial charge is 0.393 e. The average molecular weight is 269 g/mol. The van der Waals surface area contributed by atoms with Crippen molar-refractivity contribution in [3.63, 3.8) is 0 Å². The van der Waals surface area contributed by atoms with E-state index < -0.39 is 0 Å². The van der Waals surface area contributed by atoms with Gasteiger partial charge in [-0.3, -0.25) is 5.10 Å². The van der Waals surface area contributed by atoms with E-state index in [4.69, 9.17) is 12.2 Å². The van der Waals surface area contributed by atoms with Crippen LogP contribution < -0.4 is 0 Å². The van der Waals surface area contributed by atoms with E-state index in [-0.39, 0.29) is 12.0 Å². The molecule has 0 radical (unpaired) electrons. The Labute approximate surface area is 114 Å². The van der Waals surface area contributed by atoms with Gasteiger partial charge in [0.05, 0.1) is 6.10 Å². The lowest BCUT2D eigenvalue weighted by Gasteiger charge is -2.18. The van der Waals surface area contributed by atoms with Gasteiger partial charge < -0.3 is 9.67 Å². The van der Waals surface area contributed by atoms with E-state index in [0.717, 1.165) is 31.5 Å². The number of aliphatic hydroxyl groups is 1. The Hall–Kier alpha value is -0.940. The van der Waals surface area contributed by atoms with E-state index in [9.17, 15) is 5.11 Å². The van der Waals surface area contributed by atoms with Crippen LogP contribution in [-0.4, -0.2) is 26.0 Å². The summed E-state index contributed by atoms with van der Waals surface area (Å²) in [4.78, 5) is 0. The number of hydrogen-bond acceptors (Lipinski definition) is 3. The van der Waals surface area contributed by atoms with Crippen LogP contribution in [0.4, 0.5) is 0 Å². The van der Waals surface area contributed by atoms with Crippen LogP contribution in [0.5, 0.6) is 0 Å². The minimum atomic E-state index is -0.325. The fourth-order valence-electron chi connectivity index (χ4n) is 2.16. The van der Waals surface area contributed by atoms with E-state index >= 15 is 0 Å². The number of rotatable bonds is 8. The van der Waals surface area contributed by atoms with Gasteiger partial charge in [-0.25, -0.2) is 0 Å². The van der Waals surface area contributed by atoms with Gasteiger partial charge in [0, 0.05) is 12.5 Å². The van der Waals surface area contributed by atoms with Crippen molar-refractivity contribution in [1.29, 1.82) is 0 Å². The standard InChI is InChI=1S/C13H23N3OS/c1-4-6-7-11(9-10(3)17)12-14-15-13(18)16(12)8-5-2/h5,10-11,17H,2,4,6-9H2,1,3H3,(H,15,18)/t10-,11+/m1/s1. The van der Waals surface area contributed by atoms with Crippen LogP contribution in [-0.2, 0) is 6.54 Å². The summed E-state index contributed by atoms with van der Waals surface area (Å²) in [5.41, 5.74) is 0. The van der Waals surface area contributed by atoms with Gasteiger partial charge in [0.1, 0.15) is 5.82 Å². The SMILES string of the molecule is C=CCn1c([C@@H](CCCC)C[C@@H](C)O)n[nH]c1=S. The quantitative estimate of drug-likeness (QED) is 0.563. The van der Waals surface area contributed by atoms with Crippen molar-refractivity contribution in [3.05, 3.63) is 23.3 Å². The van der Waals surface area contributed by atoms with Crippen molar-refractivity contribution in [2.24, 2.45) is 0 Å². The second kappa shape index (κ2) is 7.48. The topological polar surface area (TPSA) is 53.8 Å². The number of hydrogen-bond donors (Lipinski definition) is 2. The zero-order valence-electron chi connectivity index (χ0n) is 11.2. The molecule has 0 spiro atoms. The highest BCUT2D eigenvalue weighted by atomic mass is 32.1. The molecular formula is C13H23N3OS. The number of H-pyrrole nitrogens is 1. The summed E-state index contributed by atoms with van der Waals surface area (Å²) in [5, 5.41) is 16.8. The Morgan fingerprint density at radius 2 is 2.33 bits per heavy atom. The van der Waals surface area contributed by atoms with Gasteiger partial charge >= 0.3 is 0 Å². The van der Waals surface area contributed by atoms with Crippen LogP contribution in [0.25, 0.3) is 0 Å². The number of unbranched alkanes of at least 4 members (excludes halogenated alkanes) is 1. The predicted molar refractivity (Wildman–Crippen MR) is 76.2 cm³/mol. The molecule has 5 heteroatoms. The molecule has 0 bridgehead atoms. The van der Waals surface area contributed by atoms with Gasteiger partial charge in [-0.1, -0.05) is 25.8 Å². The van der Waals surface area contributed by atoms with Crippen molar-refractivity contribution in [2.75, 3.05) is 0 Å². The number of aliphatic hydroxyl groups excluding tert-OH is 1. The molecule has 1 rings (SSSR count). The van der Waals surface area contributed by atoms with Gasteiger partial charge in [0.25, 0.3) is 0 Å². The fourth-order valence-corrected chi connectivity index (χ4v) is 2.38. The van der Waals surface area contributed by atoms with E-state index in [1.54, 1.807) is 0 Å². The highest BCUT2D eigenvalue weighted by Crippen LogP contribution is 2.25. The summed E-state index contributed by atoms with van der Waals surface area (Å²) >= 11 is 5.22. The number of nitrogens with one attached hydrogen (secondary N) is 1. The second-order valence-electron chi connectivity index (χ2n) is 4.71. The molecule has 18 heavy (non-hydrogen) atoms. The minimum Gasteiger partial charge on any atom is -0.393 e. The molecule has 2 atom stereocenters. The van der Waals surface area contributed by atoms with Crippen LogP contribution in [0, 0.1) is 4.77 Å². The number of allylic oxidation sites excluding steroid dienone is 1. The van der Waals surface area contributed by atoms with Crippen LogP contribution in [0.1, 0.15) is 51.3 Å². The van der Waals surface area contributed by atoms with Crippen molar-refractivity contribution >= 4 is 12.2 Å². The molecule has 0 saturated carbocycles. The lowest BCUT2D eigenvalue weighted by atomic mass is 9.95. The lowest BCUT2D eigenvalue weighted by molar-refractivity contribution is 0.169. The smallest absolute Gasteiger partial charge is 0.195 e. The molecule has 0 amide bonds. The highest BCUT2D eigenvalue weighted by Gasteiger charge is 2.19. The molecular weight excluding hydrogens is 246 g/mol. The maximum absolute atomic E-state index is 9.62. The summed E-state index contributed by atoms with van der Waals surface area (Å²) in [6.07, 6.45) is 5.51. The van der Waals surface area contributed by atoms with E-state index in [0.29, 0.717) is 11.3 Å². The second-order valence-corrected chi connectivity index (χ2v) is 5.10. The molecule has 0 saturated heterocycles. The first-order valence-corrected chi connectivity index (χ1v) is 6.95. The third-order valence-corrected chi connectivity index (χ3v) is 3.31. The Morgan fingerprint density at radius 1 is 1.61 bits per heavy atom. The van der Waals surface area contributed by atoms with E-state index in [1.807, 2.05) is 17.6 Å². The molecule has 102 valence electrons. The molecule has 1 aromatic rings. The molecule has 1 heterocycles. The normalized spacial score (nSPS) is 14.4. The minimum absolute atomic E-state index is 0.248. The van der Waals surface area contributed by atoms with E-state index in [1.165, 1.54) is 0 Å². The molecule has 0 aromatic carbocycles. The first-order valence-electron chi connectivity index (χ1n) is 6.54. The Bertz CT molecular complexity index is 422. The molecule has 0 aliphatic carbocycles. The molecule has 0 aliphatic rings. The third kappa shape index (κ3) is 4.07. The molecule has 0 unspecified atom stereocenters. The van der Waals surface area contributed by atoms with Crippen LogP contribution >= 0.6 is 12.2 Å². The first kappa shape index (κ1) is 15.1. The van der Waals surface area contributed by atoms with Gasteiger partial charge in [-0.15, -0.1) is 6.58 Å². The number of nitrogens with zero attached hydrogens (tertiary/aromatic N) is 2. The maximum atomic E-state index is 9.62. The highest BCUT2D eigenvalue weighted by molar-refractivity contribution is 7.71. The summed E-state index contributed by atoms with van der Waals surface area (Å²) in [6, 6.07) is 0. The Morgan fingerprint density at radius 3 is 2.89 bits per heavy atom. The number of aromatic amines is 1. The zero-order chi connectivity index (χ0) is 13.5. The summed E-state index contributed by atoms with van der Waals surface area (Å²) < 4.78 is 2.59. The Kier molecular flexibility index (Phi) is 6.29. The molecule has 1 aromatic heterocycles. The number of aromatic nitrogens is 3. The summed E-state index contributed by atoms with van der Waals surface area (Å²) in [5.74, 6) is 1.19. The lowest BCUT2D eigenvalue weighted by Crippen LogP contribution is -2.14. The van der Waals surface area contributed by atoms with Crippen molar-refractivity contribution < 1.29 is 5.11 Å². The van der Waals surface area contributed by atoms with Gasteiger partial charge in [-0.05, 0) is 32.0 Å². The molecule has 2 N–H and O–H groups in total. The molecule has 0 fully saturated rings. The van der Waals surface area contributed by atoms with E-state index in [2.05, 4.69) is 23.7 Å². The van der Waals surface area contributed by atoms with Gasteiger partial charge in [0.2, 0.25) is 0 Å². The zero-order valence-corrected chi connectivity index (χ0v) is 12.0. The fraction of sp³-hybridized carbons (Fsp3) is 0.692. The van der Waals surface area contributed by atoms with Crippen molar-refractivity contribution in [1.82, 2.24) is 14.8 Å². The first-order chi connectivity index (χ1) is 8.60. The molecule has 4 nitrogen and oxygen atoms in total. The van der Waals surface area contributed by atoms with Crippen LogP contribution in [0.15, 0.2) is 12.7 Å². The third-order valence-electron chi connectivity index (χ3n) is 3.00. The monoisotopic (exact) mass is 269 g/mol. The Balaban J connectivity index is 2.95. The van der Waals surface area contributed by atoms with Crippen molar-refractivity contribution in [3.8, 4) is 0 Å². The van der Waals surface area contributed by atoms with Crippen LogP contribution in [0.2, 0.25) is 0 Å².